The van der Waals surface area contributed by atoms with Gasteiger partial charge in [-0.1, -0.05) is 17.3 Å². The maximum atomic E-state index is 10.9. The van der Waals surface area contributed by atoms with Crippen molar-refractivity contribution in [1.29, 1.82) is 0 Å². The second-order valence-electron chi connectivity index (χ2n) is 3.00. The van der Waals surface area contributed by atoms with E-state index in [0.717, 1.165) is 11.1 Å². The van der Waals surface area contributed by atoms with Crippen LogP contribution < -0.4 is 4.74 Å². The Morgan fingerprint density at radius 3 is 2.80 bits per heavy atom. The van der Waals surface area contributed by atoms with Crippen molar-refractivity contribution in [3.8, 4) is 5.75 Å². The van der Waals surface area contributed by atoms with Crippen molar-refractivity contribution >= 4 is 12.2 Å². The van der Waals surface area contributed by atoms with E-state index in [0.29, 0.717) is 5.75 Å². The van der Waals surface area contributed by atoms with Crippen molar-refractivity contribution in [2.75, 3.05) is 7.11 Å². The molecule has 0 aliphatic heterocycles. The molecule has 0 atom stereocenters. The van der Waals surface area contributed by atoms with E-state index in [-0.39, 0.29) is 5.97 Å². The van der Waals surface area contributed by atoms with Crippen molar-refractivity contribution in [1.82, 2.24) is 0 Å². The number of rotatable bonds is 3. The van der Waals surface area contributed by atoms with Crippen molar-refractivity contribution in [2.24, 2.45) is 5.16 Å². The van der Waals surface area contributed by atoms with Crippen molar-refractivity contribution in [3.63, 3.8) is 0 Å². The average molecular weight is 207 g/mol. The van der Waals surface area contributed by atoms with Gasteiger partial charge < -0.3 is 9.57 Å². The summed E-state index contributed by atoms with van der Waals surface area (Å²) < 4.78 is 5.04. The highest BCUT2D eigenvalue weighted by Crippen LogP contribution is 2.20. The van der Waals surface area contributed by atoms with E-state index in [1.54, 1.807) is 6.07 Å². The minimum absolute atomic E-state index is 0.354. The minimum Gasteiger partial charge on any atom is -0.426 e. The van der Waals surface area contributed by atoms with Crippen molar-refractivity contribution < 1.29 is 14.4 Å². The third-order valence-electron chi connectivity index (χ3n) is 1.83. The van der Waals surface area contributed by atoms with E-state index in [1.165, 1.54) is 20.2 Å². The Bertz CT molecular complexity index is 385. The van der Waals surface area contributed by atoms with Crippen molar-refractivity contribution in [3.05, 3.63) is 29.3 Å². The Kier molecular flexibility index (Phi) is 3.85. The average Bonchev–Trinajstić information content (AvgIpc) is 2.16. The molecule has 0 bridgehead atoms. The molecule has 4 nitrogen and oxygen atoms in total. The maximum Gasteiger partial charge on any atom is 0.308 e. The molecule has 0 saturated heterocycles. The number of carbonyl (C=O) groups is 1. The summed E-state index contributed by atoms with van der Waals surface area (Å²) in [4.78, 5) is 15.4. The fourth-order valence-corrected chi connectivity index (χ4v) is 1.17. The zero-order valence-corrected chi connectivity index (χ0v) is 8.98. The summed E-state index contributed by atoms with van der Waals surface area (Å²) in [5, 5.41) is 3.65. The molecule has 0 spiro atoms. The number of oxime groups is 1. The Labute approximate surface area is 88.5 Å². The van der Waals surface area contributed by atoms with Crippen LogP contribution in [0.15, 0.2) is 23.4 Å². The number of benzene rings is 1. The molecular formula is C11H13NO3. The molecular weight excluding hydrogens is 194 g/mol. The number of hydrogen-bond acceptors (Lipinski definition) is 4. The van der Waals surface area contributed by atoms with Crippen LogP contribution in [0.5, 0.6) is 5.75 Å². The summed E-state index contributed by atoms with van der Waals surface area (Å²) in [6, 6.07) is 5.44. The Morgan fingerprint density at radius 2 is 2.20 bits per heavy atom. The molecule has 15 heavy (non-hydrogen) atoms. The van der Waals surface area contributed by atoms with Crippen LogP contribution in [0.1, 0.15) is 18.1 Å². The lowest BCUT2D eigenvalue weighted by molar-refractivity contribution is -0.131. The van der Waals surface area contributed by atoms with E-state index < -0.39 is 0 Å². The van der Waals surface area contributed by atoms with E-state index >= 15 is 0 Å². The van der Waals surface area contributed by atoms with Gasteiger partial charge in [0.05, 0.1) is 6.21 Å². The van der Waals surface area contributed by atoms with Gasteiger partial charge >= 0.3 is 5.97 Å². The predicted molar refractivity (Wildman–Crippen MR) is 57.1 cm³/mol. The van der Waals surface area contributed by atoms with Gasteiger partial charge in [0.25, 0.3) is 0 Å². The molecule has 0 radical (unpaired) electrons. The van der Waals surface area contributed by atoms with Gasteiger partial charge in [-0.2, -0.15) is 0 Å². The van der Waals surface area contributed by atoms with Gasteiger partial charge in [0.15, 0.2) is 0 Å². The predicted octanol–water partition coefficient (Wildman–Crippen LogP) is 1.90. The largest absolute Gasteiger partial charge is 0.426 e. The molecule has 1 rings (SSSR count). The summed E-state index contributed by atoms with van der Waals surface area (Å²) in [5.41, 5.74) is 1.71. The van der Waals surface area contributed by atoms with Gasteiger partial charge in [-0.25, -0.2) is 0 Å². The first kappa shape index (κ1) is 11.2. The van der Waals surface area contributed by atoms with E-state index in [2.05, 4.69) is 9.99 Å². The molecule has 0 saturated carbocycles. The lowest BCUT2D eigenvalue weighted by atomic mass is 10.1. The number of ether oxygens (including phenoxy) is 1. The summed E-state index contributed by atoms with van der Waals surface area (Å²) >= 11 is 0. The van der Waals surface area contributed by atoms with Gasteiger partial charge in [0, 0.05) is 12.5 Å². The fraction of sp³-hybridized carbons (Fsp3) is 0.273. The van der Waals surface area contributed by atoms with Crippen LogP contribution in [-0.2, 0) is 9.63 Å². The normalized spacial score (nSPS) is 10.3. The number of esters is 1. The standard InChI is InChI=1S/C11H13NO3/c1-8-5-4-6-11(15-9(2)13)10(8)7-12-14-3/h4-7H,1-3H3/b12-7+. The van der Waals surface area contributed by atoms with Gasteiger partial charge in [0.2, 0.25) is 0 Å². The lowest BCUT2D eigenvalue weighted by Gasteiger charge is -2.07. The van der Waals surface area contributed by atoms with E-state index in [9.17, 15) is 4.79 Å². The molecule has 1 aromatic rings. The molecule has 0 unspecified atom stereocenters. The van der Waals surface area contributed by atoms with Crippen molar-refractivity contribution in [2.45, 2.75) is 13.8 Å². The lowest BCUT2D eigenvalue weighted by Crippen LogP contribution is -2.04. The smallest absolute Gasteiger partial charge is 0.308 e. The highest BCUT2D eigenvalue weighted by atomic mass is 16.6. The molecule has 0 heterocycles. The summed E-state index contributed by atoms with van der Waals surface area (Å²) in [7, 11) is 1.46. The Balaban J connectivity index is 3.08. The van der Waals surface area contributed by atoms with E-state index in [4.69, 9.17) is 4.74 Å². The van der Waals surface area contributed by atoms with E-state index in [1.807, 2.05) is 19.1 Å². The van der Waals surface area contributed by atoms with Gasteiger partial charge in [-0.3, -0.25) is 4.79 Å². The Morgan fingerprint density at radius 1 is 1.47 bits per heavy atom. The molecule has 0 fully saturated rings. The van der Waals surface area contributed by atoms with Crippen LogP contribution in [0.2, 0.25) is 0 Å². The fourth-order valence-electron chi connectivity index (χ4n) is 1.17. The SMILES string of the molecule is CO/N=C/c1c(C)cccc1OC(C)=O. The molecule has 0 aromatic heterocycles. The first-order chi connectivity index (χ1) is 7.15. The molecule has 4 heteroatoms. The van der Waals surface area contributed by atoms with Crippen LogP contribution in [-0.4, -0.2) is 19.3 Å². The first-order valence-electron chi connectivity index (χ1n) is 4.49. The third-order valence-corrected chi connectivity index (χ3v) is 1.83. The van der Waals surface area contributed by atoms with Gasteiger partial charge in [-0.05, 0) is 18.6 Å². The molecule has 0 N–H and O–H groups in total. The van der Waals surface area contributed by atoms with Gasteiger partial charge in [-0.15, -0.1) is 0 Å². The molecule has 80 valence electrons. The first-order valence-corrected chi connectivity index (χ1v) is 4.49. The maximum absolute atomic E-state index is 10.9. The van der Waals surface area contributed by atoms with Crippen LogP contribution in [0.25, 0.3) is 0 Å². The topological polar surface area (TPSA) is 47.9 Å². The highest BCUT2D eigenvalue weighted by Gasteiger charge is 2.06. The second kappa shape index (κ2) is 5.14. The second-order valence-corrected chi connectivity index (χ2v) is 3.00. The van der Waals surface area contributed by atoms with Gasteiger partial charge in [0.1, 0.15) is 12.9 Å². The number of aryl methyl sites for hydroxylation is 1. The number of hydrogen-bond donors (Lipinski definition) is 0. The monoisotopic (exact) mass is 207 g/mol. The Hall–Kier alpha value is -1.84. The summed E-state index contributed by atoms with van der Waals surface area (Å²) in [5.74, 6) is 0.135. The summed E-state index contributed by atoms with van der Waals surface area (Å²) in [6.07, 6.45) is 1.52. The number of nitrogens with zero attached hydrogens (tertiary/aromatic N) is 1. The number of carbonyl (C=O) groups excluding carboxylic acids is 1. The highest BCUT2D eigenvalue weighted by molar-refractivity contribution is 5.86. The zero-order valence-electron chi connectivity index (χ0n) is 8.98. The summed E-state index contributed by atoms with van der Waals surface area (Å²) in [6.45, 7) is 3.27. The van der Waals surface area contributed by atoms with Crippen LogP contribution >= 0.6 is 0 Å². The van der Waals surface area contributed by atoms with Crippen LogP contribution in [0, 0.1) is 6.92 Å². The quantitative estimate of drug-likeness (QED) is 0.329. The molecule has 0 aliphatic rings. The third kappa shape index (κ3) is 3.09. The minimum atomic E-state index is -0.354. The van der Waals surface area contributed by atoms with Crippen LogP contribution in [0.4, 0.5) is 0 Å². The molecule has 0 amide bonds. The van der Waals surface area contributed by atoms with Crippen LogP contribution in [0.3, 0.4) is 0 Å². The molecule has 1 aromatic carbocycles. The zero-order chi connectivity index (χ0) is 11.3. The molecule has 0 aliphatic carbocycles.